The summed E-state index contributed by atoms with van der Waals surface area (Å²) >= 11 is 0. The number of carboxylic acid groups (broad SMARTS) is 1. The molecular weight excluding hydrogens is 218 g/mol. The zero-order valence-electron chi connectivity index (χ0n) is 9.46. The summed E-state index contributed by atoms with van der Waals surface area (Å²) in [5, 5.41) is 9.76. The molecule has 4 nitrogen and oxygen atoms in total. The number of hydrogen-bond acceptors (Lipinski definition) is 3. The predicted octanol–water partition coefficient (Wildman–Crippen LogP) is 2.22. The molecule has 1 unspecified atom stereocenters. The largest absolute Gasteiger partial charge is 0.479 e. The van der Waals surface area contributed by atoms with Crippen molar-refractivity contribution in [3.8, 4) is 0 Å². The average Bonchev–Trinajstić information content (AvgIpc) is 2.35. The number of carbonyl (C=O) groups is 1. The number of hydrogen-bond donors (Lipinski definition) is 1. The zero-order valence-corrected chi connectivity index (χ0v) is 9.46. The van der Waals surface area contributed by atoms with Gasteiger partial charge in [0.2, 0.25) is 0 Å². The first-order valence-electron chi connectivity index (χ1n) is 5.35. The fraction of sp³-hybridized carbons (Fsp3) is 0.231. The Morgan fingerprint density at radius 2 is 2.18 bits per heavy atom. The van der Waals surface area contributed by atoms with E-state index in [2.05, 4.69) is 4.98 Å². The number of rotatable bonds is 4. The summed E-state index contributed by atoms with van der Waals surface area (Å²) in [6, 6.07) is 9.60. The summed E-state index contributed by atoms with van der Waals surface area (Å²) in [6.45, 7) is 1.77. The average molecular weight is 231 g/mol. The number of para-hydroxylation sites is 1. The Morgan fingerprint density at radius 3 is 2.94 bits per heavy atom. The molecule has 0 saturated heterocycles. The lowest BCUT2D eigenvalue weighted by Gasteiger charge is -2.09. The van der Waals surface area contributed by atoms with Gasteiger partial charge in [0, 0.05) is 17.1 Å². The standard InChI is InChI=1S/C13H13NO3/c1-9(13(15)16)17-8-11-5-2-4-10-6-3-7-14-12(10)11/h2-7,9H,8H2,1H3,(H,15,16). The van der Waals surface area contributed by atoms with Gasteiger partial charge in [0.15, 0.2) is 6.10 Å². The van der Waals surface area contributed by atoms with E-state index in [0.717, 1.165) is 16.5 Å². The maximum Gasteiger partial charge on any atom is 0.332 e. The van der Waals surface area contributed by atoms with Crippen molar-refractivity contribution in [2.75, 3.05) is 0 Å². The van der Waals surface area contributed by atoms with Crippen molar-refractivity contribution in [2.24, 2.45) is 0 Å². The van der Waals surface area contributed by atoms with Gasteiger partial charge in [0.1, 0.15) is 0 Å². The lowest BCUT2D eigenvalue weighted by Crippen LogP contribution is -2.19. The topological polar surface area (TPSA) is 59.4 Å². The van der Waals surface area contributed by atoms with Crippen LogP contribution in [-0.2, 0) is 16.1 Å². The Morgan fingerprint density at radius 1 is 1.41 bits per heavy atom. The minimum atomic E-state index is -0.960. The van der Waals surface area contributed by atoms with Crippen molar-refractivity contribution in [1.82, 2.24) is 4.98 Å². The van der Waals surface area contributed by atoms with E-state index in [1.165, 1.54) is 6.92 Å². The molecule has 4 heteroatoms. The molecule has 1 atom stereocenters. The highest BCUT2D eigenvalue weighted by atomic mass is 16.5. The van der Waals surface area contributed by atoms with Gasteiger partial charge in [-0.1, -0.05) is 24.3 Å². The van der Waals surface area contributed by atoms with E-state index in [9.17, 15) is 4.79 Å². The second kappa shape index (κ2) is 4.93. The molecule has 0 spiro atoms. The Balaban J connectivity index is 2.21. The lowest BCUT2D eigenvalue weighted by molar-refractivity contribution is -0.149. The van der Waals surface area contributed by atoms with Crippen LogP contribution in [0, 0.1) is 0 Å². The predicted molar refractivity (Wildman–Crippen MR) is 63.6 cm³/mol. The summed E-state index contributed by atoms with van der Waals surface area (Å²) in [4.78, 5) is 14.9. The lowest BCUT2D eigenvalue weighted by atomic mass is 10.1. The van der Waals surface area contributed by atoms with Crippen LogP contribution in [0.4, 0.5) is 0 Å². The molecule has 0 saturated carbocycles. The minimum Gasteiger partial charge on any atom is -0.479 e. The van der Waals surface area contributed by atoms with Gasteiger partial charge < -0.3 is 9.84 Å². The smallest absolute Gasteiger partial charge is 0.332 e. The van der Waals surface area contributed by atoms with Crippen molar-refractivity contribution in [1.29, 1.82) is 0 Å². The number of nitrogens with zero attached hydrogens (tertiary/aromatic N) is 1. The Labute approximate surface area is 98.9 Å². The first-order valence-corrected chi connectivity index (χ1v) is 5.35. The second-order valence-corrected chi connectivity index (χ2v) is 3.78. The van der Waals surface area contributed by atoms with Gasteiger partial charge >= 0.3 is 5.97 Å². The summed E-state index contributed by atoms with van der Waals surface area (Å²) in [5.41, 5.74) is 1.75. The van der Waals surface area contributed by atoms with E-state index in [-0.39, 0.29) is 6.61 Å². The van der Waals surface area contributed by atoms with Crippen LogP contribution < -0.4 is 0 Å². The molecule has 17 heavy (non-hydrogen) atoms. The molecule has 1 heterocycles. The minimum absolute atomic E-state index is 0.252. The van der Waals surface area contributed by atoms with Crippen molar-refractivity contribution in [3.05, 3.63) is 42.1 Å². The Hall–Kier alpha value is -1.94. The van der Waals surface area contributed by atoms with Crippen LogP contribution in [0.2, 0.25) is 0 Å². The molecule has 0 amide bonds. The van der Waals surface area contributed by atoms with Crippen LogP contribution in [0.25, 0.3) is 10.9 Å². The molecule has 1 aromatic heterocycles. The van der Waals surface area contributed by atoms with Crippen molar-refractivity contribution < 1.29 is 14.6 Å². The third kappa shape index (κ3) is 2.60. The highest BCUT2D eigenvalue weighted by Crippen LogP contribution is 2.17. The van der Waals surface area contributed by atoms with E-state index < -0.39 is 12.1 Å². The van der Waals surface area contributed by atoms with E-state index in [0.29, 0.717) is 0 Å². The first-order chi connectivity index (χ1) is 8.18. The summed E-state index contributed by atoms with van der Waals surface area (Å²) in [5.74, 6) is -0.960. The van der Waals surface area contributed by atoms with Crippen LogP contribution in [0.3, 0.4) is 0 Å². The van der Waals surface area contributed by atoms with Crippen LogP contribution in [0.15, 0.2) is 36.5 Å². The van der Waals surface area contributed by atoms with Crippen molar-refractivity contribution in [3.63, 3.8) is 0 Å². The molecule has 1 aromatic carbocycles. The molecule has 0 aliphatic carbocycles. The number of aromatic nitrogens is 1. The van der Waals surface area contributed by atoms with Crippen LogP contribution in [0.1, 0.15) is 12.5 Å². The maximum absolute atomic E-state index is 10.6. The van der Waals surface area contributed by atoms with Crippen molar-refractivity contribution in [2.45, 2.75) is 19.6 Å². The van der Waals surface area contributed by atoms with E-state index in [4.69, 9.17) is 9.84 Å². The summed E-state index contributed by atoms with van der Waals surface area (Å²) in [7, 11) is 0. The van der Waals surface area contributed by atoms with Gasteiger partial charge in [-0.2, -0.15) is 0 Å². The monoisotopic (exact) mass is 231 g/mol. The molecule has 0 fully saturated rings. The number of aliphatic carboxylic acids is 1. The van der Waals surface area contributed by atoms with Gasteiger partial charge in [-0.15, -0.1) is 0 Å². The van der Waals surface area contributed by atoms with Crippen LogP contribution in [0.5, 0.6) is 0 Å². The molecule has 0 aliphatic rings. The quantitative estimate of drug-likeness (QED) is 0.876. The van der Waals surface area contributed by atoms with Gasteiger partial charge in [-0.25, -0.2) is 4.79 Å². The maximum atomic E-state index is 10.6. The molecule has 2 aromatic rings. The summed E-state index contributed by atoms with van der Waals surface area (Å²) in [6.07, 6.45) is 0.904. The number of pyridine rings is 1. The number of benzene rings is 1. The molecule has 0 bridgehead atoms. The number of fused-ring (bicyclic) bond motifs is 1. The summed E-state index contributed by atoms with van der Waals surface area (Å²) < 4.78 is 5.26. The molecule has 2 rings (SSSR count). The highest BCUT2D eigenvalue weighted by Gasteiger charge is 2.11. The van der Waals surface area contributed by atoms with E-state index in [1.807, 2.05) is 30.3 Å². The molecular formula is C13H13NO3. The fourth-order valence-corrected chi connectivity index (χ4v) is 1.57. The molecule has 88 valence electrons. The zero-order chi connectivity index (χ0) is 12.3. The second-order valence-electron chi connectivity index (χ2n) is 3.78. The van der Waals surface area contributed by atoms with Gasteiger partial charge in [0.25, 0.3) is 0 Å². The number of ether oxygens (including phenoxy) is 1. The van der Waals surface area contributed by atoms with E-state index in [1.54, 1.807) is 6.20 Å². The normalized spacial score (nSPS) is 12.5. The molecule has 1 N–H and O–H groups in total. The van der Waals surface area contributed by atoms with E-state index >= 15 is 0 Å². The first kappa shape index (κ1) is 11.5. The third-order valence-electron chi connectivity index (χ3n) is 2.55. The van der Waals surface area contributed by atoms with Gasteiger partial charge in [-0.3, -0.25) is 4.98 Å². The number of carboxylic acids is 1. The Kier molecular flexibility index (Phi) is 3.35. The third-order valence-corrected chi connectivity index (χ3v) is 2.55. The van der Waals surface area contributed by atoms with Crippen LogP contribution in [-0.4, -0.2) is 22.2 Å². The van der Waals surface area contributed by atoms with Crippen LogP contribution >= 0.6 is 0 Å². The Bertz CT molecular complexity index is 534. The van der Waals surface area contributed by atoms with Gasteiger partial charge in [0.05, 0.1) is 12.1 Å². The van der Waals surface area contributed by atoms with Gasteiger partial charge in [-0.05, 0) is 13.0 Å². The fourth-order valence-electron chi connectivity index (χ4n) is 1.57. The highest BCUT2D eigenvalue weighted by molar-refractivity contribution is 5.81. The SMILES string of the molecule is CC(OCc1cccc2cccnc12)C(=O)O. The molecule has 0 aliphatic heterocycles. The molecule has 0 radical (unpaired) electrons. The van der Waals surface area contributed by atoms with Crippen molar-refractivity contribution >= 4 is 16.9 Å².